The molecule has 12 heteroatoms. The van der Waals surface area contributed by atoms with Gasteiger partial charge in [0.2, 0.25) is 5.82 Å². The molecule has 0 aliphatic carbocycles. The van der Waals surface area contributed by atoms with Crippen molar-refractivity contribution in [1.29, 1.82) is 0 Å². The number of fused-ring (bicyclic) bond motifs is 2. The van der Waals surface area contributed by atoms with Gasteiger partial charge in [0.05, 0.1) is 31.3 Å². The summed E-state index contributed by atoms with van der Waals surface area (Å²) in [5.41, 5.74) is 1.22. The van der Waals surface area contributed by atoms with Crippen molar-refractivity contribution in [2.45, 2.75) is 13.0 Å². The summed E-state index contributed by atoms with van der Waals surface area (Å²) in [5.74, 6) is 0.396. The number of hydrogen-bond donors (Lipinski definition) is 0. The lowest BCUT2D eigenvalue weighted by Gasteiger charge is -2.18. The van der Waals surface area contributed by atoms with Crippen molar-refractivity contribution in [3.8, 4) is 23.1 Å². The number of para-hydroxylation sites is 1. The molecule has 0 aliphatic rings. The van der Waals surface area contributed by atoms with Crippen LogP contribution >= 0.6 is 43.5 Å². The summed E-state index contributed by atoms with van der Waals surface area (Å²) >= 11 is 13.5. The number of carbonyl (C=O) groups excluding carboxylic acids is 1. The molecule has 3 aromatic carbocycles. The molecule has 0 amide bonds. The molecule has 0 aliphatic heterocycles. The van der Waals surface area contributed by atoms with Crippen molar-refractivity contribution in [1.82, 2.24) is 9.66 Å². The van der Waals surface area contributed by atoms with Gasteiger partial charge in [-0.3, -0.25) is 4.79 Å². The first kappa shape index (κ1) is 27.9. The van der Waals surface area contributed by atoms with Crippen LogP contribution in [0.15, 0.2) is 77.9 Å². The van der Waals surface area contributed by atoms with E-state index in [1.165, 1.54) is 32.0 Å². The number of esters is 1. The first-order valence-corrected chi connectivity index (χ1v) is 13.7. The highest BCUT2D eigenvalue weighted by molar-refractivity contribution is 9.10. The van der Waals surface area contributed by atoms with Crippen LogP contribution < -0.4 is 15.0 Å². The van der Waals surface area contributed by atoms with E-state index in [2.05, 4.69) is 37.0 Å². The van der Waals surface area contributed by atoms with E-state index < -0.39 is 12.1 Å². The Morgan fingerprint density at radius 3 is 2.67 bits per heavy atom. The van der Waals surface area contributed by atoms with Crippen molar-refractivity contribution in [2.75, 3.05) is 14.2 Å². The summed E-state index contributed by atoms with van der Waals surface area (Å²) in [6.07, 6.45) is 0.504. The monoisotopic (exact) mass is 687 g/mol. The molecule has 0 unspecified atom stereocenters. The average molecular weight is 690 g/mol. The molecule has 0 bridgehead atoms. The van der Waals surface area contributed by atoms with Crippen LogP contribution in [0.2, 0.25) is 5.02 Å². The number of hydrogen-bond acceptors (Lipinski definition) is 8. The standard InChI is InChI=1S/C28H20Br2ClN3O6/c1-14(28(36)38-3)39-25-21(37-2)12-16(23(30)24(25)31)13-32-34-26(33-19-7-5-4-6-18(19)27(34)35)22-11-15-10-17(29)8-9-20(15)40-22/h4-14H,1-3H3/t14-/m0/s1. The number of aromatic nitrogens is 2. The maximum absolute atomic E-state index is 13.6. The van der Waals surface area contributed by atoms with Gasteiger partial charge in [-0.1, -0.05) is 39.7 Å². The second-order valence-corrected chi connectivity index (χ2v) is 10.6. The second kappa shape index (κ2) is 11.4. The van der Waals surface area contributed by atoms with E-state index in [0.717, 1.165) is 9.86 Å². The van der Waals surface area contributed by atoms with Crippen LogP contribution in [-0.4, -0.2) is 42.2 Å². The molecule has 204 valence electrons. The third-order valence-electron chi connectivity index (χ3n) is 5.97. The second-order valence-electron chi connectivity index (χ2n) is 8.52. The summed E-state index contributed by atoms with van der Waals surface area (Å²) in [4.78, 5) is 30.2. The molecule has 1 atom stereocenters. The van der Waals surface area contributed by atoms with Crippen LogP contribution in [-0.2, 0) is 9.53 Å². The zero-order chi connectivity index (χ0) is 28.6. The predicted molar refractivity (Wildman–Crippen MR) is 160 cm³/mol. The topological polar surface area (TPSA) is 105 Å². The predicted octanol–water partition coefficient (Wildman–Crippen LogP) is 6.82. The zero-order valence-electron chi connectivity index (χ0n) is 21.3. The normalized spacial score (nSPS) is 12.2. The third-order valence-corrected chi connectivity index (χ3v) is 7.90. The molecule has 2 aromatic heterocycles. The molecular weight excluding hydrogens is 670 g/mol. The molecule has 9 nitrogen and oxygen atoms in total. The van der Waals surface area contributed by atoms with Crippen LogP contribution in [0.25, 0.3) is 33.5 Å². The number of nitrogens with zero attached hydrogens (tertiary/aromatic N) is 3. The van der Waals surface area contributed by atoms with Gasteiger partial charge in [0.25, 0.3) is 5.56 Å². The van der Waals surface area contributed by atoms with E-state index in [1.807, 2.05) is 18.2 Å². The highest BCUT2D eigenvalue weighted by atomic mass is 79.9. The summed E-state index contributed by atoms with van der Waals surface area (Å²) in [7, 11) is 2.70. The van der Waals surface area contributed by atoms with E-state index in [9.17, 15) is 9.59 Å². The Morgan fingerprint density at radius 1 is 1.15 bits per heavy atom. The highest BCUT2D eigenvalue weighted by Crippen LogP contribution is 2.42. The van der Waals surface area contributed by atoms with Gasteiger partial charge in [-0.05, 0) is 65.3 Å². The van der Waals surface area contributed by atoms with Gasteiger partial charge in [-0.2, -0.15) is 9.78 Å². The first-order chi connectivity index (χ1) is 19.2. The fourth-order valence-corrected chi connectivity index (χ4v) is 5.01. The Bertz CT molecular complexity index is 1870. The molecule has 0 spiro atoms. The van der Waals surface area contributed by atoms with E-state index in [0.29, 0.717) is 32.3 Å². The average Bonchev–Trinajstić information content (AvgIpc) is 3.38. The molecule has 0 radical (unpaired) electrons. The number of furan rings is 1. The van der Waals surface area contributed by atoms with Gasteiger partial charge < -0.3 is 18.6 Å². The van der Waals surface area contributed by atoms with Crippen molar-refractivity contribution in [2.24, 2.45) is 5.10 Å². The molecule has 0 fully saturated rings. The summed E-state index contributed by atoms with van der Waals surface area (Å²) in [5, 5.41) is 5.85. The number of halogens is 3. The zero-order valence-corrected chi connectivity index (χ0v) is 25.2. The fourth-order valence-electron chi connectivity index (χ4n) is 3.99. The Hall–Kier alpha value is -3.67. The van der Waals surface area contributed by atoms with Crippen molar-refractivity contribution in [3.05, 3.63) is 84.5 Å². The smallest absolute Gasteiger partial charge is 0.346 e. The third kappa shape index (κ3) is 5.24. The summed E-state index contributed by atoms with van der Waals surface area (Å²) in [6, 6.07) is 16.0. The number of ether oxygens (including phenoxy) is 3. The molecule has 40 heavy (non-hydrogen) atoms. The van der Waals surface area contributed by atoms with Gasteiger partial charge in [-0.25, -0.2) is 9.78 Å². The van der Waals surface area contributed by atoms with Crippen LogP contribution in [0.5, 0.6) is 11.5 Å². The lowest BCUT2D eigenvalue weighted by molar-refractivity contribution is -0.147. The Morgan fingerprint density at radius 2 is 1.93 bits per heavy atom. The molecule has 0 N–H and O–H groups in total. The van der Waals surface area contributed by atoms with E-state index in [1.54, 1.807) is 36.4 Å². The number of carbonyl (C=O) groups is 1. The quantitative estimate of drug-likeness (QED) is 0.136. The van der Waals surface area contributed by atoms with Gasteiger partial charge in [-0.15, -0.1) is 0 Å². The van der Waals surface area contributed by atoms with Gasteiger partial charge in [0, 0.05) is 19.9 Å². The lowest BCUT2D eigenvalue weighted by atomic mass is 10.2. The van der Waals surface area contributed by atoms with Crippen LogP contribution in [0, 0.1) is 0 Å². The molecule has 0 saturated carbocycles. The summed E-state index contributed by atoms with van der Waals surface area (Å²) < 4.78 is 24.4. The lowest BCUT2D eigenvalue weighted by Crippen LogP contribution is -2.25. The van der Waals surface area contributed by atoms with E-state index in [4.69, 9.17) is 35.2 Å². The van der Waals surface area contributed by atoms with E-state index in [-0.39, 0.29) is 27.9 Å². The molecular formula is C28H20Br2ClN3O6. The Labute approximate surface area is 249 Å². The molecule has 2 heterocycles. The molecule has 5 aromatic rings. The minimum absolute atomic E-state index is 0.142. The largest absolute Gasteiger partial charge is 0.493 e. The van der Waals surface area contributed by atoms with Crippen molar-refractivity contribution in [3.63, 3.8) is 0 Å². The Balaban J connectivity index is 1.64. The Kier molecular flexibility index (Phi) is 7.97. The minimum atomic E-state index is -0.933. The molecule has 0 saturated heterocycles. The molecule has 5 rings (SSSR count). The first-order valence-electron chi connectivity index (χ1n) is 11.8. The summed E-state index contributed by atoms with van der Waals surface area (Å²) in [6.45, 7) is 1.53. The maximum atomic E-state index is 13.6. The SMILES string of the molecule is COC(=O)[C@H](C)Oc1c(OC)cc(C=Nn2c(-c3cc4cc(Br)ccc4o3)nc3ccccc3c2=O)c(Br)c1Cl. The van der Waals surface area contributed by atoms with E-state index >= 15 is 0 Å². The number of rotatable bonds is 7. The van der Waals surface area contributed by atoms with Crippen LogP contribution in [0.3, 0.4) is 0 Å². The van der Waals surface area contributed by atoms with Gasteiger partial charge >= 0.3 is 5.97 Å². The highest BCUT2D eigenvalue weighted by Gasteiger charge is 2.23. The number of methoxy groups -OCH3 is 2. The van der Waals surface area contributed by atoms with Crippen LogP contribution in [0.4, 0.5) is 0 Å². The van der Waals surface area contributed by atoms with Crippen LogP contribution in [0.1, 0.15) is 12.5 Å². The van der Waals surface area contributed by atoms with Crippen molar-refractivity contribution >= 4 is 77.5 Å². The van der Waals surface area contributed by atoms with Gasteiger partial charge in [0.1, 0.15) is 10.6 Å². The maximum Gasteiger partial charge on any atom is 0.346 e. The minimum Gasteiger partial charge on any atom is -0.493 e. The number of benzene rings is 3. The van der Waals surface area contributed by atoms with Gasteiger partial charge in [0.15, 0.2) is 23.4 Å². The van der Waals surface area contributed by atoms with Crippen molar-refractivity contribution < 1.29 is 23.4 Å². The fraction of sp³-hybridized carbons (Fsp3) is 0.143.